The fraction of sp³-hybridized carbons (Fsp3) is 0.435. The third kappa shape index (κ3) is 2.81. The third-order valence-electron chi connectivity index (χ3n) is 5.94. The lowest BCUT2D eigenvalue weighted by molar-refractivity contribution is 0.317. The third-order valence-corrected chi connectivity index (χ3v) is 5.94. The highest BCUT2D eigenvalue weighted by atomic mass is 14.7. The Morgan fingerprint density at radius 2 is 1.70 bits per heavy atom. The van der Waals surface area contributed by atoms with Crippen LogP contribution in [0.5, 0.6) is 0 Å². The molecule has 0 spiro atoms. The van der Waals surface area contributed by atoms with Crippen molar-refractivity contribution in [3.8, 4) is 18.2 Å². The lowest BCUT2D eigenvalue weighted by Crippen LogP contribution is -2.42. The van der Waals surface area contributed by atoms with E-state index >= 15 is 0 Å². The van der Waals surface area contributed by atoms with Crippen LogP contribution >= 0.6 is 0 Å². The van der Waals surface area contributed by atoms with Crippen LogP contribution in [0.4, 0.5) is 0 Å². The van der Waals surface area contributed by atoms with Gasteiger partial charge in [-0.2, -0.15) is 15.8 Å². The number of benzene rings is 1. The zero-order chi connectivity index (χ0) is 19.8. The van der Waals surface area contributed by atoms with Gasteiger partial charge in [-0.1, -0.05) is 51.1 Å². The van der Waals surface area contributed by atoms with Crippen molar-refractivity contribution in [3.63, 3.8) is 0 Å². The van der Waals surface area contributed by atoms with Crippen molar-refractivity contribution in [2.24, 2.45) is 17.1 Å². The fourth-order valence-corrected chi connectivity index (χ4v) is 4.44. The van der Waals surface area contributed by atoms with Crippen molar-refractivity contribution in [3.05, 3.63) is 58.3 Å². The van der Waals surface area contributed by atoms with Gasteiger partial charge in [-0.3, -0.25) is 0 Å². The van der Waals surface area contributed by atoms with Crippen molar-refractivity contribution in [2.75, 3.05) is 0 Å². The lowest BCUT2D eigenvalue weighted by Gasteiger charge is -2.43. The molecule has 2 N–H and O–H groups in total. The molecule has 2 aliphatic rings. The highest BCUT2D eigenvalue weighted by Gasteiger charge is 2.53. The van der Waals surface area contributed by atoms with E-state index in [1.807, 2.05) is 12.1 Å². The minimum atomic E-state index is -1.52. The van der Waals surface area contributed by atoms with Gasteiger partial charge in [-0.25, -0.2) is 0 Å². The molecule has 136 valence electrons. The number of rotatable bonds is 1. The lowest BCUT2D eigenvalue weighted by atomic mass is 9.56. The minimum Gasteiger partial charge on any atom is -0.399 e. The normalized spacial score (nSPS) is 24.1. The molecule has 1 aromatic carbocycles. The fourth-order valence-electron chi connectivity index (χ4n) is 4.44. The topological polar surface area (TPSA) is 97.4 Å². The molecule has 4 nitrogen and oxygen atoms in total. The van der Waals surface area contributed by atoms with Crippen molar-refractivity contribution in [1.29, 1.82) is 15.8 Å². The predicted octanol–water partition coefficient (Wildman–Crippen LogP) is 4.58. The van der Waals surface area contributed by atoms with Crippen LogP contribution in [0.25, 0.3) is 0 Å². The summed E-state index contributed by atoms with van der Waals surface area (Å²) in [7, 11) is 0. The van der Waals surface area contributed by atoms with Crippen LogP contribution in [0.1, 0.15) is 57.1 Å². The predicted molar refractivity (Wildman–Crippen MR) is 104 cm³/mol. The van der Waals surface area contributed by atoms with E-state index in [0.717, 1.165) is 30.4 Å². The first-order valence-electron chi connectivity index (χ1n) is 9.34. The average molecular weight is 356 g/mol. The Kier molecular flexibility index (Phi) is 4.59. The first-order chi connectivity index (χ1) is 12.8. The molecule has 0 aliphatic heterocycles. The summed E-state index contributed by atoms with van der Waals surface area (Å²) in [5.74, 6) is -0.411. The van der Waals surface area contributed by atoms with Gasteiger partial charge in [-0.15, -0.1) is 0 Å². The van der Waals surface area contributed by atoms with E-state index < -0.39 is 5.41 Å². The zero-order valence-electron chi connectivity index (χ0n) is 16.1. The quantitative estimate of drug-likeness (QED) is 0.796. The molecular weight excluding hydrogens is 332 g/mol. The summed E-state index contributed by atoms with van der Waals surface area (Å²) in [5.41, 5.74) is 8.26. The van der Waals surface area contributed by atoms with E-state index in [4.69, 9.17) is 5.73 Å². The average Bonchev–Trinajstić information content (AvgIpc) is 2.66. The molecule has 3 rings (SSSR count). The maximum absolute atomic E-state index is 10.0. The maximum Gasteiger partial charge on any atom is 0.191 e. The van der Waals surface area contributed by atoms with Gasteiger partial charge in [0.15, 0.2) is 5.41 Å². The molecule has 27 heavy (non-hydrogen) atoms. The van der Waals surface area contributed by atoms with Gasteiger partial charge in [0.05, 0.1) is 23.4 Å². The van der Waals surface area contributed by atoms with E-state index in [0.29, 0.717) is 5.57 Å². The van der Waals surface area contributed by atoms with E-state index in [1.54, 1.807) is 0 Å². The van der Waals surface area contributed by atoms with Crippen LogP contribution in [0, 0.1) is 45.3 Å². The van der Waals surface area contributed by atoms with E-state index in [9.17, 15) is 15.8 Å². The van der Waals surface area contributed by atoms with Crippen LogP contribution in [-0.2, 0) is 5.41 Å². The molecule has 0 saturated carbocycles. The van der Waals surface area contributed by atoms with Crippen molar-refractivity contribution < 1.29 is 0 Å². The Labute approximate surface area is 161 Å². The van der Waals surface area contributed by atoms with Crippen molar-refractivity contribution in [2.45, 2.75) is 51.4 Å². The summed E-state index contributed by atoms with van der Waals surface area (Å²) in [6, 6.07) is 14.7. The van der Waals surface area contributed by atoms with Gasteiger partial charge in [0.1, 0.15) is 6.07 Å². The van der Waals surface area contributed by atoms with Crippen LogP contribution < -0.4 is 5.73 Å². The van der Waals surface area contributed by atoms with Crippen LogP contribution in [0.3, 0.4) is 0 Å². The Morgan fingerprint density at radius 3 is 2.22 bits per heavy atom. The Bertz CT molecular complexity index is 923. The van der Waals surface area contributed by atoms with Crippen LogP contribution in [0.2, 0.25) is 0 Å². The zero-order valence-corrected chi connectivity index (χ0v) is 16.1. The summed E-state index contributed by atoms with van der Waals surface area (Å²) in [6.45, 7) is 6.46. The number of fused-ring (bicyclic) bond motifs is 1. The van der Waals surface area contributed by atoms with Gasteiger partial charge in [0.2, 0.25) is 0 Å². The summed E-state index contributed by atoms with van der Waals surface area (Å²) in [5, 5.41) is 29.7. The maximum atomic E-state index is 10.0. The summed E-state index contributed by atoms with van der Waals surface area (Å²) in [6.07, 6.45) is 4.79. The summed E-state index contributed by atoms with van der Waals surface area (Å²) < 4.78 is 0. The second kappa shape index (κ2) is 6.61. The highest BCUT2D eigenvalue weighted by Crippen LogP contribution is 2.55. The monoisotopic (exact) mass is 356 g/mol. The van der Waals surface area contributed by atoms with Crippen LogP contribution in [0.15, 0.2) is 47.2 Å². The number of allylic oxidation sites excluding steroid dienone is 4. The molecule has 0 fully saturated rings. The molecule has 4 heteroatoms. The Balaban J connectivity index is 2.24. The first-order valence-corrected chi connectivity index (χ1v) is 9.34. The van der Waals surface area contributed by atoms with Crippen molar-refractivity contribution in [1.82, 2.24) is 0 Å². The molecular formula is C23H24N4. The molecule has 0 amide bonds. The second-order valence-electron chi connectivity index (χ2n) is 8.48. The number of hydrogen-bond acceptors (Lipinski definition) is 4. The standard InChI is InChI=1S/C23H24N4/c1-22(2,3)16-10-8-15(9-11-16)20-18-7-5-4-6-17(18)19(12-24)21(27)23(20,13-25)14-26/h6,8-11,18,20H,4-5,7,27H2,1-3H3/t18-,20+/m1/s1. The number of nitriles is 3. The van der Waals surface area contributed by atoms with Gasteiger partial charge < -0.3 is 5.73 Å². The summed E-state index contributed by atoms with van der Waals surface area (Å²) >= 11 is 0. The first kappa shape index (κ1) is 18.8. The molecule has 2 atom stereocenters. The smallest absolute Gasteiger partial charge is 0.191 e. The molecule has 0 bridgehead atoms. The Hall–Kier alpha value is -3.03. The van der Waals surface area contributed by atoms with Gasteiger partial charge >= 0.3 is 0 Å². The van der Waals surface area contributed by atoms with Crippen molar-refractivity contribution >= 4 is 0 Å². The largest absolute Gasteiger partial charge is 0.399 e. The van der Waals surface area contributed by atoms with Gasteiger partial charge in [0, 0.05) is 5.92 Å². The van der Waals surface area contributed by atoms with E-state index in [-0.39, 0.29) is 22.9 Å². The number of nitrogens with zero attached hydrogens (tertiary/aromatic N) is 3. The van der Waals surface area contributed by atoms with Gasteiger partial charge in [0.25, 0.3) is 0 Å². The van der Waals surface area contributed by atoms with E-state index in [2.05, 4.69) is 57.2 Å². The molecule has 0 unspecified atom stereocenters. The molecule has 0 saturated heterocycles. The summed E-state index contributed by atoms with van der Waals surface area (Å²) in [4.78, 5) is 0. The molecule has 0 aromatic heterocycles. The Morgan fingerprint density at radius 1 is 1.07 bits per heavy atom. The molecule has 0 heterocycles. The molecule has 1 aromatic rings. The number of nitrogens with two attached hydrogens (primary N) is 1. The molecule has 2 aliphatic carbocycles. The SMILES string of the molecule is CC(C)(C)c1ccc([C@H]2[C@@H]3CCCC=C3C(C#N)=C(N)C2(C#N)C#N)cc1. The highest BCUT2D eigenvalue weighted by molar-refractivity contribution is 5.59. The van der Waals surface area contributed by atoms with E-state index in [1.165, 1.54) is 5.56 Å². The number of hydrogen-bond donors (Lipinski definition) is 1. The molecule has 0 radical (unpaired) electrons. The van der Waals surface area contributed by atoms with Crippen LogP contribution in [-0.4, -0.2) is 0 Å². The second-order valence-corrected chi connectivity index (χ2v) is 8.48. The minimum absolute atomic E-state index is 0.0233. The van der Waals surface area contributed by atoms with Gasteiger partial charge in [-0.05, 0) is 47.3 Å².